The Balaban J connectivity index is 1.77. The summed E-state index contributed by atoms with van der Waals surface area (Å²) in [5.41, 5.74) is -0.836. The van der Waals surface area contributed by atoms with Gasteiger partial charge in [0.25, 0.3) is 5.92 Å². The van der Waals surface area contributed by atoms with E-state index in [1.54, 1.807) is 11.9 Å². The summed E-state index contributed by atoms with van der Waals surface area (Å²) in [7, 11) is 1.60. The highest BCUT2D eigenvalue weighted by atomic mass is 19.4. The van der Waals surface area contributed by atoms with E-state index in [0.717, 1.165) is 12.1 Å². The van der Waals surface area contributed by atoms with E-state index in [1.807, 2.05) is 0 Å². The van der Waals surface area contributed by atoms with Gasteiger partial charge in [-0.25, -0.2) is 8.78 Å². The van der Waals surface area contributed by atoms with Crippen molar-refractivity contribution in [2.24, 2.45) is 5.92 Å². The third-order valence-corrected chi connectivity index (χ3v) is 3.61. The highest BCUT2D eigenvalue weighted by molar-refractivity contribution is 5.30. The molecule has 1 aliphatic rings. The topological polar surface area (TPSA) is 32.7 Å². The summed E-state index contributed by atoms with van der Waals surface area (Å²) in [6.45, 7) is 0.0475. The Hall–Kier alpha value is -1.41. The van der Waals surface area contributed by atoms with Crippen LogP contribution in [0.5, 0.6) is 5.75 Å². The zero-order chi connectivity index (χ0) is 17.3. The van der Waals surface area contributed by atoms with Gasteiger partial charge in [0.1, 0.15) is 18.5 Å². The molecule has 3 nitrogen and oxygen atoms in total. The second-order valence-electron chi connectivity index (χ2n) is 5.87. The standard InChI is InChI=1S/C15H18F5NO2/c1-21(7-11-6-14(11,16)17)8-12(22)9-23-13-4-2-3-10(5-13)15(18,19)20/h2-5,11-12,22H,6-9H2,1H3. The number of hydrogen-bond donors (Lipinski definition) is 1. The van der Waals surface area contributed by atoms with E-state index in [4.69, 9.17) is 4.74 Å². The first kappa shape index (κ1) is 17.9. The Kier molecular flexibility index (Phi) is 5.15. The number of likely N-dealkylation sites (N-methyl/N-ethyl adjacent to an activating group) is 1. The Morgan fingerprint density at radius 3 is 2.61 bits per heavy atom. The van der Waals surface area contributed by atoms with Crippen molar-refractivity contribution in [1.29, 1.82) is 0 Å². The molecule has 2 atom stereocenters. The molecule has 0 radical (unpaired) electrons. The molecule has 0 bridgehead atoms. The van der Waals surface area contributed by atoms with Gasteiger partial charge in [-0.1, -0.05) is 6.07 Å². The number of nitrogens with zero attached hydrogens (tertiary/aromatic N) is 1. The van der Waals surface area contributed by atoms with E-state index in [2.05, 4.69) is 0 Å². The molecule has 1 aromatic rings. The van der Waals surface area contributed by atoms with Crippen molar-refractivity contribution in [3.8, 4) is 5.75 Å². The number of rotatable bonds is 7. The largest absolute Gasteiger partial charge is 0.491 e. The van der Waals surface area contributed by atoms with Gasteiger partial charge in [-0.15, -0.1) is 0 Å². The number of benzene rings is 1. The molecule has 1 N–H and O–H groups in total. The van der Waals surface area contributed by atoms with E-state index >= 15 is 0 Å². The number of aliphatic hydroxyl groups excluding tert-OH is 1. The molecule has 0 aliphatic heterocycles. The molecular weight excluding hydrogens is 321 g/mol. The maximum atomic E-state index is 12.8. The lowest BCUT2D eigenvalue weighted by molar-refractivity contribution is -0.137. The first-order valence-electron chi connectivity index (χ1n) is 7.12. The molecule has 1 saturated carbocycles. The summed E-state index contributed by atoms with van der Waals surface area (Å²) in [4.78, 5) is 1.56. The lowest BCUT2D eigenvalue weighted by Gasteiger charge is -2.20. The van der Waals surface area contributed by atoms with Crippen LogP contribution >= 0.6 is 0 Å². The smallest absolute Gasteiger partial charge is 0.416 e. The normalized spacial score (nSPS) is 21.3. The van der Waals surface area contributed by atoms with Crippen molar-refractivity contribution in [1.82, 2.24) is 4.90 Å². The molecule has 1 aromatic carbocycles. The lowest BCUT2D eigenvalue weighted by atomic mass is 10.2. The fraction of sp³-hybridized carbons (Fsp3) is 0.600. The third kappa shape index (κ3) is 5.31. The van der Waals surface area contributed by atoms with Crippen LogP contribution in [0, 0.1) is 5.92 Å². The van der Waals surface area contributed by atoms with Crippen molar-refractivity contribution in [3.63, 3.8) is 0 Å². The quantitative estimate of drug-likeness (QED) is 0.775. The SMILES string of the molecule is CN(CC(O)COc1cccc(C(F)(F)F)c1)CC1CC1(F)F. The van der Waals surface area contributed by atoms with Crippen molar-refractivity contribution in [2.75, 3.05) is 26.7 Å². The van der Waals surface area contributed by atoms with E-state index in [-0.39, 0.29) is 31.9 Å². The molecular formula is C15H18F5NO2. The highest BCUT2D eigenvalue weighted by Gasteiger charge is 2.56. The zero-order valence-electron chi connectivity index (χ0n) is 12.5. The number of hydrogen-bond acceptors (Lipinski definition) is 3. The molecule has 2 unspecified atom stereocenters. The van der Waals surface area contributed by atoms with Gasteiger partial charge in [0.05, 0.1) is 5.56 Å². The first-order chi connectivity index (χ1) is 10.6. The van der Waals surface area contributed by atoms with Crippen LogP contribution in [0.3, 0.4) is 0 Å². The van der Waals surface area contributed by atoms with Crippen molar-refractivity contribution in [2.45, 2.75) is 24.6 Å². The predicted molar refractivity (Wildman–Crippen MR) is 73.5 cm³/mol. The molecule has 2 rings (SSSR count). The van der Waals surface area contributed by atoms with Crippen molar-refractivity contribution in [3.05, 3.63) is 29.8 Å². The van der Waals surface area contributed by atoms with Crippen molar-refractivity contribution >= 4 is 0 Å². The molecule has 0 saturated heterocycles. The molecule has 0 heterocycles. The monoisotopic (exact) mass is 339 g/mol. The van der Waals surface area contributed by atoms with Gasteiger partial charge in [-0.2, -0.15) is 13.2 Å². The Morgan fingerprint density at radius 1 is 1.39 bits per heavy atom. The van der Waals surface area contributed by atoms with Gasteiger partial charge >= 0.3 is 6.18 Å². The van der Waals surface area contributed by atoms with E-state index in [0.29, 0.717) is 0 Å². The molecule has 8 heteroatoms. The minimum Gasteiger partial charge on any atom is -0.491 e. The average Bonchev–Trinajstić information content (AvgIpc) is 3.02. The first-order valence-corrected chi connectivity index (χ1v) is 7.12. The number of ether oxygens (including phenoxy) is 1. The summed E-state index contributed by atoms with van der Waals surface area (Å²) in [6.07, 6.45) is -5.59. The molecule has 0 spiro atoms. The minimum absolute atomic E-state index is 0.00439. The maximum absolute atomic E-state index is 12.8. The molecule has 0 amide bonds. The molecule has 1 fully saturated rings. The van der Waals surface area contributed by atoms with Gasteiger partial charge < -0.3 is 14.7 Å². The number of alkyl halides is 5. The fourth-order valence-electron chi connectivity index (χ4n) is 2.29. The summed E-state index contributed by atoms with van der Waals surface area (Å²) < 4.78 is 68.4. The molecule has 130 valence electrons. The van der Waals surface area contributed by atoms with Gasteiger partial charge in [0.15, 0.2) is 0 Å². The van der Waals surface area contributed by atoms with Crippen LogP contribution in [0.25, 0.3) is 0 Å². The van der Waals surface area contributed by atoms with Crippen LogP contribution in [0.2, 0.25) is 0 Å². The zero-order valence-corrected chi connectivity index (χ0v) is 12.5. The third-order valence-electron chi connectivity index (χ3n) is 3.61. The summed E-state index contributed by atoms with van der Waals surface area (Å²) in [5, 5.41) is 9.80. The highest BCUT2D eigenvalue weighted by Crippen LogP contribution is 2.48. The van der Waals surface area contributed by atoms with Crippen LogP contribution in [0.15, 0.2) is 24.3 Å². The van der Waals surface area contributed by atoms with Crippen LogP contribution in [-0.2, 0) is 6.18 Å². The van der Waals surface area contributed by atoms with Gasteiger partial charge in [-0.05, 0) is 25.2 Å². The van der Waals surface area contributed by atoms with E-state index < -0.39 is 29.7 Å². The number of aliphatic hydroxyl groups is 1. The van der Waals surface area contributed by atoms with Gasteiger partial charge in [-0.3, -0.25) is 0 Å². The van der Waals surface area contributed by atoms with E-state index in [9.17, 15) is 27.1 Å². The predicted octanol–water partition coefficient (Wildman–Crippen LogP) is 3.03. The Labute approximate surface area is 130 Å². The summed E-state index contributed by atoms with van der Waals surface area (Å²) >= 11 is 0. The lowest BCUT2D eigenvalue weighted by Crippen LogP contribution is -2.34. The molecule has 0 aromatic heterocycles. The van der Waals surface area contributed by atoms with Crippen LogP contribution in [-0.4, -0.2) is 48.8 Å². The van der Waals surface area contributed by atoms with Gasteiger partial charge in [0.2, 0.25) is 0 Å². The molecule has 1 aliphatic carbocycles. The minimum atomic E-state index is -4.46. The second kappa shape index (κ2) is 6.60. The van der Waals surface area contributed by atoms with Crippen molar-refractivity contribution < 1.29 is 31.8 Å². The fourth-order valence-corrected chi connectivity index (χ4v) is 2.29. The summed E-state index contributed by atoms with van der Waals surface area (Å²) in [6, 6.07) is 4.34. The Morgan fingerprint density at radius 2 is 2.04 bits per heavy atom. The van der Waals surface area contributed by atoms with Crippen LogP contribution < -0.4 is 4.74 Å². The maximum Gasteiger partial charge on any atom is 0.416 e. The molecule has 23 heavy (non-hydrogen) atoms. The summed E-state index contributed by atoms with van der Waals surface area (Å²) in [5.74, 6) is -3.31. The van der Waals surface area contributed by atoms with E-state index in [1.165, 1.54) is 12.1 Å². The average molecular weight is 339 g/mol. The van der Waals surface area contributed by atoms with Crippen LogP contribution in [0.1, 0.15) is 12.0 Å². The second-order valence-corrected chi connectivity index (χ2v) is 5.87. The number of halogens is 5. The van der Waals surface area contributed by atoms with Gasteiger partial charge in [0, 0.05) is 25.4 Å². The Bertz CT molecular complexity index is 535. The van der Waals surface area contributed by atoms with Crippen LogP contribution in [0.4, 0.5) is 22.0 Å².